The van der Waals surface area contributed by atoms with Crippen molar-refractivity contribution in [3.8, 4) is 17.2 Å². The minimum absolute atomic E-state index is 0.0121. The van der Waals surface area contributed by atoms with E-state index in [-0.39, 0.29) is 5.78 Å². The largest absolute Gasteiger partial charge is 0.493 e. The number of ether oxygens (including phenoxy) is 3. The molecule has 0 N–H and O–H groups in total. The van der Waals surface area contributed by atoms with Crippen LogP contribution in [0.25, 0.3) is 11.0 Å². The van der Waals surface area contributed by atoms with Gasteiger partial charge in [0.2, 0.25) is 0 Å². The zero-order valence-corrected chi connectivity index (χ0v) is 21.0. The van der Waals surface area contributed by atoms with E-state index in [9.17, 15) is 4.79 Å². The zero-order chi connectivity index (χ0) is 24.6. The lowest BCUT2D eigenvalue weighted by atomic mass is 9.91. The first-order valence-electron chi connectivity index (χ1n) is 12.6. The van der Waals surface area contributed by atoms with Gasteiger partial charge in [-0.05, 0) is 76.0 Å². The Kier molecular flexibility index (Phi) is 8.64. The van der Waals surface area contributed by atoms with Crippen LogP contribution in [0, 0.1) is 0 Å². The van der Waals surface area contributed by atoms with Gasteiger partial charge in [0.05, 0.1) is 26.0 Å². The minimum Gasteiger partial charge on any atom is -0.493 e. The number of rotatable bonds is 12. The average molecular weight is 481 g/mol. The summed E-state index contributed by atoms with van der Waals surface area (Å²) >= 11 is 0. The number of ketones is 1. The highest BCUT2D eigenvalue weighted by Crippen LogP contribution is 2.34. The predicted molar refractivity (Wildman–Crippen MR) is 136 cm³/mol. The van der Waals surface area contributed by atoms with Crippen molar-refractivity contribution in [2.24, 2.45) is 0 Å². The lowest BCUT2D eigenvalue weighted by Crippen LogP contribution is -2.34. The highest BCUT2D eigenvalue weighted by atomic mass is 16.5. The second-order valence-corrected chi connectivity index (χ2v) is 9.17. The maximum absolute atomic E-state index is 11.6. The van der Waals surface area contributed by atoms with Crippen LogP contribution in [0.1, 0.15) is 67.9 Å². The monoisotopic (exact) mass is 480 g/mol. The number of carbonyl (C=O) groups excluding carboxylic acids is 1. The number of nitrogens with zero attached hydrogens (tertiary/aromatic N) is 2. The van der Waals surface area contributed by atoms with E-state index in [2.05, 4.69) is 23.0 Å². The summed E-state index contributed by atoms with van der Waals surface area (Å²) in [5.74, 6) is 2.54. The van der Waals surface area contributed by atoms with Gasteiger partial charge in [-0.1, -0.05) is 18.5 Å². The number of hydrogen-bond donors (Lipinski definition) is 0. The summed E-state index contributed by atoms with van der Waals surface area (Å²) in [6.45, 7) is 8.09. The molecule has 0 amide bonds. The van der Waals surface area contributed by atoms with Gasteiger partial charge in [-0.2, -0.15) is 0 Å². The Bertz CT molecular complexity index is 1120. The molecule has 2 aromatic carbocycles. The van der Waals surface area contributed by atoms with Crippen molar-refractivity contribution in [3.05, 3.63) is 47.7 Å². The second-order valence-electron chi connectivity index (χ2n) is 9.17. The summed E-state index contributed by atoms with van der Waals surface area (Å²) in [6.07, 6.45) is 5.23. The van der Waals surface area contributed by atoms with E-state index in [1.165, 1.54) is 0 Å². The predicted octanol–water partition coefficient (Wildman–Crippen LogP) is 5.87. The van der Waals surface area contributed by atoms with Crippen LogP contribution in [0.3, 0.4) is 0 Å². The van der Waals surface area contributed by atoms with Crippen LogP contribution in [-0.4, -0.2) is 55.8 Å². The molecule has 35 heavy (non-hydrogen) atoms. The fraction of sp³-hybridized carbons (Fsp3) is 0.500. The minimum atomic E-state index is 0.0121. The number of aromatic nitrogens is 1. The third-order valence-electron chi connectivity index (χ3n) is 6.66. The van der Waals surface area contributed by atoms with Crippen molar-refractivity contribution < 1.29 is 23.5 Å². The molecule has 7 heteroatoms. The van der Waals surface area contributed by atoms with Crippen molar-refractivity contribution in [2.75, 3.05) is 40.0 Å². The van der Waals surface area contributed by atoms with E-state index in [0.717, 1.165) is 80.8 Å². The molecule has 0 bridgehead atoms. The highest BCUT2D eigenvalue weighted by molar-refractivity contribution is 5.94. The first kappa shape index (κ1) is 25.0. The van der Waals surface area contributed by atoms with Gasteiger partial charge in [0.25, 0.3) is 0 Å². The van der Waals surface area contributed by atoms with Gasteiger partial charge >= 0.3 is 0 Å². The van der Waals surface area contributed by atoms with Gasteiger partial charge in [0.15, 0.2) is 22.9 Å². The fourth-order valence-corrected chi connectivity index (χ4v) is 4.56. The van der Waals surface area contributed by atoms with Gasteiger partial charge in [0, 0.05) is 29.5 Å². The normalized spacial score (nSPS) is 14.8. The smallest absolute Gasteiger partial charge is 0.170 e. The number of carbonyl (C=O) groups is 1. The van der Waals surface area contributed by atoms with E-state index < -0.39 is 0 Å². The van der Waals surface area contributed by atoms with Crippen molar-refractivity contribution in [1.29, 1.82) is 0 Å². The van der Waals surface area contributed by atoms with Crippen LogP contribution >= 0.6 is 0 Å². The first-order valence-corrected chi connectivity index (χ1v) is 12.6. The van der Waals surface area contributed by atoms with Crippen LogP contribution in [0.2, 0.25) is 0 Å². The molecule has 1 aliphatic rings. The first-order chi connectivity index (χ1) is 17.1. The average Bonchev–Trinajstić information content (AvgIpc) is 3.30. The molecule has 1 saturated heterocycles. The molecule has 0 spiro atoms. The number of fused-ring (bicyclic) bond motifs is 1. The number of unbranched alkanes of at least 4 members (excludes halogenated alkanes) is 1. The van der Waals surface area contributed by atoms with E-state index in [0.29, 0.717) is 29.6 Å². The summed E-state index contributed by atoms with van der Waals surface area (Å²) in [5, 5.41) is 5.52. The molecule has 0 aliphatic carbocycles. The molecule has 0 saturated carbocycles. The standard InChI is InChI=1S/C28H36N2O5/c1-4-5-16-33-23-8-9-24-26(19-23)35-29-28(24)21-11-14-30(15-12-21)13-6-17-34-25-10-7-22(20(2)31)18-27(25)32-3/h7-10,18-19,21H,4-6,11-17H2,1-3H3. The summed E-state index contributed by atoms with van der Waals surface area (Å²) in [7, 11) is 1.59. The summed E-state index contributed by atoms with van der Waals surface area (Å²) in [4.78, 5) is 14.0. The molecule has 1 aromatic heterocycles. The fourth-order valence-electron chi connectivity index (χ4n) is 4.56. The maximum atomic E-state index is 11.6. The van der Waals surface area contributed by atoms with E-state index in [4.69, 9.17) is 18.7 Å². The Morgan fingerprint density at radius 2 is 1.86 bits per heavy atom. The van der Waals surface area contributed by atoms with Crippen LogP contribution in [0.15, 0.2) is 40.9 Å². The molecular formula is C28H36N2O5. The number of Topliss-reactive ketones (excluding diaryl/α,β-unsaturated/α-hetero) is 1. The van der Waals surface area contributed by atoms with Gasteiger partial charge in [-0.3, -0.25) is 4.79 Å². The number of likely N-dealkylation sites (tertiary alicyclic amines) is 1. The molecule has 0 atom stereocenters. The lowest BCUT2D eigenvalue weighted by Gasteiger charge is -2.31. The summed E-state index contributed by atoms with van der Waals surface area (Å²) in [5.41, 5.74) is 2.50. The van der Waals surface area contributed by atoms with Crippen LogP contribution in [0.5, 0.6) is 17.2 Å². The van der Waals surface area contributed by atoms with Crippen molar-refractivity contribution in [2.45, 2.75) is 51.9 Å². The van der Waals surface area contributed by atoms with E-state index in [1.807, 2.05) is 18.2 Å². The van der Waals surface area contributed by atoms with Gasteiger partial charge in [0.1, 0.15) is 5.75 Å². The topological polar surface area (TPSA) is 74.0 Å². The molecule has 0 unspecified atom stereocenters. The molecule has 1 fully saturated rings. The molecule has 0 radical (unpaired) electrons. The number of methoxy groups -OCH3 is 1. The van der Waals surface area contributed by atoms with Crippen molar-refractivity contribution >= 4 is 16.8 Å². The van der Waals surface area contributed by atoms with Gasteiger partial charge in [-0.25, -0.2) is 0 Å². The molecule has 4 rings (SSSR count). The van der Waals surface area contributed by atoms with Crippen LogP contribution in [-0.2, 0) is 0 Å². The van der Waals surface area contributed by atoms with Crippen LogP contribution < -0.4 is 14.2 Å². The Balaban J connectivity index is 1.23. The van der Waals surface area contributed by atoms with Gasteiger partial charge < -0.3 is 23.6 Å². The highest BCUT2D eigenvalue weighted by Gasteiger charge is 2.25. The number of benzene rings is 2. The van der Waals surface area contributed by atoms with E-state index in [1.54, 1.807) is 26.2 Å². The zero-order valence-electron chi connectivity index (χ0n) is 21.0. The molecule has 2 heterocycles. The molecule has 3 aromatic rings. The number of hydrogen-bond acceptors (Lipinski definition) is 7. The van der Waals surface area contributed by atoms with Crippen molar-refractivity contribution in [1.82, 2.24) is 10.1 Å². The Morgan fingerprint density at radius 3 is 2.60 bits per heavy atom. The third kappa shape index (κ3) is 6.34. The third-order valence-corrected chi connectivity index (χ3v) is 6.66. The van der Waals surface area contributed by atoms with Crippen LogP contribution in [0.4, 0.5) is 0 Å². The Labute approximate surface area is 207 Å². The number of piperidine rings is 1. The summed E-state index contributed by atoms with van der Waals surface area (Å²) in [6, 6.07) is 11.4. The lowest BCUT2D eigenvalue weighted by molar-refractivity contribution is 0.101. The quantitative estimate of drug-likeness (QED) is 0.237. The SMILES string of the molecule is CCCCOc1ccc2c(C3CCN(CCCOc4ccc(C(C)=O)cc4OC)CC3)noc2c1. The molecule has 7 nitrogen and oxygen atoms in total. The maximum Gasteiger partial charge on any atom is 0.170 e. The Morgan fingerprint density at radius 1 is 1.06 bits per heavy atom. The van der Waals surface area contributed by atoms with E-state index >= 15 is 0 Å². The summed E-state index contributed by atoms with van der Waals surface area (Å²) < 4.78 is 22.8. The van der Waals surface area contributed by atoms with Crippen molar-refractivity contribution in [3.63, 3.8) is 0 Å². The van der Waals surface area contributed by atoms with Gasteiger partial charge in [-0.15, -0.1) is 0 Å². The molecular weight excluding hydrogens is 444 g/mol. The molecule has 1 aliphatic heterocycles. The second kappa shape index (κ2) is 12.1. The Hall–Kier alpha value is -3.06. The molecule has 188 valence electrons.